The van der Waals surface area contributed by atoms with E-state index < -0.39 is 0 Å². The average Bonchev–Trinajstić information content (AvgIpc) is 3.11. The molecule has 1 aromatic heterocycles. The average molecular weight is 449 g/mol. The highest BCUT2D eigenvalue weighted by atomic mass is 35.5. The first-order chi connectivity index (χ1) is 14.7. The number of nitrogens with one attached hydrogen (secondary N) is 1. The summed E-state index contributed by atoms with van der Waals surface area (Å²) >= 11 is 6.18. The summed E-state index contributed by atoms with van der Waals surface area (Å²) in [6, 6.07) is 8.96. The smallest absolute Gasteiger partial charge is 0.322 e. The van der Waals surface area contributed by atoms with E-state index in [4.69, 9.17) is 16.3 Å². The molecule has 3 amide bonds. The number of methoxy groups -OCH3 is 1. The molecule has 31 heavy (non-hydrogen) atoms. The largest absolute Gasteiger partial charge is 0.383 e. The molecule has 1 heterocycles. The Morgan fingerprint density at radius 2 is 1.97 bits per heavy atom. The Morgan fingerprint density at radius 1 is 1.23 bits per heavy atom. The minimum absolute atomic E-state index is 0.0161. The molecule has 0 aliphatic carbocycles. The van der Waals surface area contributed by atoms with Gasteiger partial charge in [-0.1, -0.05) is 31.5 Å². The van der Waals surface area contributed by atoms with Crippen LogP contribution in [0.5, 0.6) is 0 Å². The number of ether oxygens (including phenoxy) is 1. The van der Waals surface area contributed by atoms with Gasteiger partial charge in [-0.15, -0.1) is 0 Å². The number of nitrogens with zero attached hydrogens (tertiary/aromatic N) is 3. The summed E-state index contributed by atoms with van der Waals surface area (Å²) in [6.07, 6.45) is 1.94. The Bertz CT molecular complexity index is 881. The lowest BCUT2D eigenvalue weighted by Crippen LogP contribution is -2.46. The summed E-state index contributed by atoms with van der Waals surface area (Å²) in [5.41, 5.74) is 2.55. The monoisotopic (exact) mass is 448 g/mol. The normalized spacial score (nSPS) is 10.9. The van der Waals surface area contributed by atoms with Crippen LogP contribution in [0.3, 0.4) is 0 Å². The van der Waals surface area contributed by atoms with Gasteiger partial charge in [0, 0.05) is 49.8 Å². The second kappa shape index (κ2) is 11.8. The van der Waals surface area contributed by atoms with E-state index in [1.807, 2.05) is 56.8 Å². The predicted octanol–water partition coefficient (Wildman–Crippen LogP) is 4.15. The molecule has 0 atom stereocenters. The third kappa shape index (κ3) is 7.60. The number of carbonyl (C=O) groups is 2. The fourth-order valence-electron chi connectivity index (χ4n) is 3.15. The molecule has 7 nitrogen and oxygen atoms in total. The standard InChI is InChI=1S/C23H33ClN4O3/c1-17(2)14-28(23(30)25-19-9-8-18(3)21(24)13-19)16-22(29)27(11-12-31-5)15-20-7-6-10-26(20)4/h6-10,13,17H,11-12,14-16H2,1-5H3,(H,25,30). The minimum atomic E-state index is -0.326. The lowest BCUT2D eigenvalue weighted by atomic mass is 10.2. The first kappa shape index (κ1) is 24.8. The van der Waals surface area contributed by atoms with Crippen molar-refractivity contribution in [3.05, 3.63) is 52.8 Å². The Balaban J connectivity index is 2.13. The van der Waals surface area contributed by atoms with Crippen LogP contribution in [0.15, 0.2) is 36.5 Å². The summed E-state index contributed by atoms with van der Waals surface area (Å²) in [4.78, 5) is 29.4. The molecule has 0 radical (unpaired) electrons. The van der Waals surface area contributed by atoms with E-state index in [1.54, 1.807) is 29.0 Å². The van der Waals surface area contributed by atoms with Gasteiger partial charge in [0.2, 0.25) is 5.91 Å². The Hall–Kier alpha value is -2.51. The highest BCUT2D eigenvalue weighted by molar-refractivity contribution is 6.31. The summed E-state index contributed by atoms with van der Waals surface area (Å²) in [5.74, 6) is 0.0800. The highest BCUT2D eigenvalue weighted by Gasteiger charge is 2.23. The molecule has 0 fully saturated rings. The summed E-state index contributed by atoms with van der Waals surface area (Å²) < 4.78 is 7.16. The van der Waals surface area contributed by atoms with Gasteiger partial charge in [-0.2, -0.15) is 0 Å². The molecular formula is C23H33ClN4O3. The van der Waals surface area contributed by atoms with Gasteiger partial charge in [-0.05, 0) is 42.7 Å². The van der Waals surface area contributed by atoms with E-state index in [9.17, 15) is 9.59 Å². The molecule has 0 aliphatic rings. The van der Waals surface area contributed by atoms with Crippen molar-refractivity contribution in [1.82, 2.24) is 14.4 Å². The summed E-state index contributed by atoms with van der Waals surface area (Å²) in [6.45, 7) is 7.70. The van der Waals surface area contributed by atoms with Crippen LogP contribution in [0, 0.1) is 12.8 Å². The SMILES string of the molecule is COCCN(Cc1cccn1C)C(=O)CN(CC(C)C)C(=O)Nc1ccc(C)c(Cl)c1. The van der Waals surface area contributed by atoms with E-state index >= 15 is 0 Å². The number of anilines is 1. The number of aryl methyl sites for hydroxylation is 2. The van der Waals surface area contributed by atoms with E-state index in [2.05, 4.69) is 5.32 Å². The van der Waals surface area contributed by atoms with Crippen LogP contribution in [-0.4, -0.2) is 59.7 Å². The zero-order valence-electron chi connectivity index (χ0n) is 19.0. The molecule has 0 unspecified atom stereocenters. The molecule has 0 bridgehead atoms. The van der Waals surface area contributed by atoms with Crippen molar-refractivity contribution in [3.63, 3.8) is 0 Å². The highest BCUT2D eigenvalue weighted by Crippen LogP contribution is 2.20. The molecule has 1 aromatic carbocycles. The summed E-state index contributed by atoms with van der Waals surface area (Å²) in [5, 5.41) is 3.44. The van der Waals surface area contributed by atoms with E-state index in [-0.39, 0.29) is 24.4 Å². The second-order valence-electron chi connectivity index (χ2n) is 8.09. The van der Waals surface area contributed by atoms with E-state index in [0.717, 1.165) is 11.3 Å². The number of hydrogen-bond acceptors (Lipinski definition) is 3. The third-order valence-electron chi connectivity index (χ3n) is 4.94. The number of aromatic nitrogens is 1. The molecule has 8 heteroatoms. The maximum atomic E-state index is 13.2. The predicted molar refractivity (Wildman–Crippen MR) is 124 cm³/mol. The number of benzene rings is 1. The molecule has 1 N–H and O–H groups in total. The van der Waals surface area contributed by atoms with Crippen molar-refractivity contribution < 1.29 is 14.3 Å². The van der Waals surface area contributed by atoms with Crippen molar-refractivity contribution in [3.8, 4) is 0 Å². The number of urea groups is 1. The molecule has 2 rings (SSSR count). The van der Waals surface area contributed by atoms with Gasteiger partial charge in [0.1, 0.15) is 6.54 Å². The fraction of sp³-hybridized carbons (Fsp3) is 0.478. The van der Waals surface area contributed by atoms with Gasteiger partial charge < -0.3 is 24.4 Å². The van der Waals surface area contributed by atoms with Crippen LogP contribution in [0.2, 0.25) is 5.02 Å². The van der Waals surface area contributed by atoms with E-state index in [0.29, 0.717) is 37.0 Å². The van der Waals surface area contributed by atoms with Crippen LogP contribution < -0.4 is 5.32 Å². The van der Waals surface area contributed by atoms with Gasteiger partial charge in [0.25, 0.3) is 0 Å². The zero-order chi connectivity index (χ0) is 23.0. The number of amides is 3. The summed E-state index contributed by atoms with van der Waals surface area (Å²) in [7, 11) is 3.55. The Labute approximate surface area is 189 Å². The van der Waals surface area contributed by atoms with E-state index in [1.165, 1.54) is 0 Å². The fourth-order valence-corrected chi connectivity index (χ4v) is 3.33. The Kier molecular flexibility index (Phi) is 9.40. The van der Waals surface area contributed by atoms with Gasteiger partial charge >= 0.3 is 6.03 Å². The van der Waals surface area contributed by atoms with Crippen molar-refractivity contribution in [2.75, 3.05) is 38.7 Å². The molecule has 0 aliphatic heterocycles. The maximum Gasteiger partial charge on any atom is 0.322 e. The van der Waals surface area contributed by atoms with Gasteiger partial charge in [-0.3, -0.25) is 4.79 Å². The molecule has 170 valence electrons. The lowest BCUT2D eigenvalue weighted by Gasteiger charge is -2.29. The minimum Gasteiger partial charge on any atom is -0.383 e. The Morgan fingerprint density at radius 3 is 2.55 bits per heavy atom. The number of carbonyl (C=O) groups excluding carboxylic acids is 2. The topological polar surface area (TPSA) is 66.8 Å². The molecule has 0 saturated carbocycles. The van der Waals surface area contributed by atoms with Gasteiger partial charge in [0.05, 0.1) is 13.2 Å². The van der Waals surface area contributed by atoms with Gasteiger partial charge in [0.15, 0.2) is 0 Å². The number of hydrogen-bond donors (Lipinski definition) is 1. The number of rotatable bonds is 10. The zero-order valence-corrected chi connectivity index (χ0v) is 19.8. The van der Waals surface area contributed by atoms with Crippen LogP contribution >= 0.6 is 11.6 Å². The maximum absolute atomic E-state index is 13.2. The first-order valence-electron chi connectivity index (χ1n) is 10.4. The van der Waals surface area contributed by atoms with Crippen LogP contribution in [0.25, 0.3) is 0 Å². The second-order valence-corrected chi connectivity index (χ2v) is 8.49. The van der Waals surface area contributed by atoms with Crippen LogP contribution in [0.1, 0.15) is 25.1 Å². The van der Waals surface area contributed by atoms with Gasteiger partial charge in [-0.25, -0.2) is 4.79 Å². The molecule has 0 saturated heterocycles. The lowest BCUT2D eigenvalue weighted by molar-refractivity contribution is -0.133. The molecule has 0 spiro atoms. The molecular weight excluding hydrogens is 416 g/mol. The van der Waals surface area contributed by atoms with Crippen LogP contribution in [-0.2, 0) is 23.1 Å². The van der Waals surface area contributed by atoms with Crippen molar-refractivity contribution >= 4 is 29.2 Å². The number of halogens is 1. The van der Waals surface area contributed by atoms with Crippen LogP contribution in [0.4, 0.5) is 10.5 Å². The molecule has 2 aromatic rings. The van der Waals surface area contributed by atoms with Crippen molar-refractivity contribution in [1.29, 1.82) is 0 Å². The first-order valence-corrected chi connectivity index (χ1v) is 10.8. The van der Waals surface area contributed by atoms with Crippen molar-refractivity contribution in [2.24, 2.45) is 13.0 Å². The third-order valence-corrected chi connectivity index (χ3v) is 5.35. The van der Waals surface area contributed by atoms with Crippen molar-refractivity contribution in [2.45, 2.75) is 27.3 Å². The quantitative estimate of drug-likeness (QED) is 0.593.